The van der Waals surface area contributed by atoms with Crippen molar-refractivity contribution in [3.8, 4) is 0 Å². The van der Waals surface area contributed by atoms with Crippen LogP contribution in [0.1, 0.15) is 84.5 Å². The Morgan fingerprint density at radius 1 is 0.538 bits per heavy atom. The van der Waals surface area contributed by atoms with Crippen LogP contribution in [0.25, 0.3) is 0 Å². The van der Waals surface area contributed by atoms with Gasteiger partial charge in [0.05, 0.1) is 0 Å². The normalized spacial score (nSPS) is 12.9. The number of rotatable bonds is 20. The summed E-state index contributed by atoms with van der Waals surface area (Å²) < 4.78 is 12.0. The second kappa shape index (κ2) is 17.2. The summed E-state index contributed by atoms with van der Waals surface area (Å²) in [4.78, 5) is 0. The quantitative estimate of drug-likeness (QED) is 0.0767. The molecule has 4 heteroatoms. The molecule has 0 N–H and O–H groups in total. The molecule has 214 valence electrons. The van der Waals surface area contributed by atoms with Gasteiger partial charge in [0.1, 0.15) is 0 Å². The number of hydrogen-bond donors (Lipinski definition) is 0. The maximum absolute atomic E-state index is 8.18. The minimum atomic E-state index is -3.12. The zero-order chi connectivity index (χ0) is 27.7. The van der Waals surface area contributed by atoms with E-state index in [-0.39, 0.29) is 6.29 Å². The summed E-state index contributed by atoms with van der Waals surface area (Å²) >= 11 is 8.18. The predicted molar refractivity (Wildman–Crippen MR) is 174 cm³/mol. The minimum absolute atomic E-state index is 0.0342. The van der Waals surface area contributed by atoms with Gasteiger partial charge in [-0.05, 0) is 0 Å². The van der Waals surface area contributed by atoms with Crippen molar-refractivity contribution in [1.82, 2.24) is 0 Å². The maximum atomic E-state index is 8.18. The number of hydrogen-bond acceptors (Lipinski definition) is 2. The zero-order valence-electron chi connectivity index (χ0n) is 24.3. The van der Waals surface area contributed by atoms with E-state index >= 15 is 0 Å². The molecular formula is C35H50ClO2P. The van der Waals surface area contributed by atoms with Crippen LogP contribution < -0.4 is 15.9 Å². The van der Waals surface area contributed by atoms with E-state index in [1.54, 1.807) is 0 Å². The van der Waals surface area contributed by atoms with E-state index in [1.807, 2.05) is 0 Å². The van der Waals surface area contributed by atoms with Crippen molar-refractivity contribution in [2.75, 3.05) is 19.4 Å². The van der Waals surface area contributed by atoms with Crippen LogP contribution in [-0.2, 0) is 9.47 Å². The molecule has 0 spiro atoms. The van der Waals surface area contributed by atoms with E-state index in [1.165, 1.54) is 41.6 Å². The van der Waals surface area contributed by atoms with E-state index in [0.29, 0.717) is 0 Å². The van der Waals surface area contributed by atoms with Gasteiger partial charge in [0.25, 0.3) is 0 Å². The first kappa shape index (κ1) is 31.8. The van der Waals surface area contributed by atoms with E-state index in [4.69, 9.17) is 20.7 Å². The van der Waals surface area contributed by atoms with Crippen LogP contribution in [0.2, 0.25) is 0 Å². The van der Waals surface area contributed by atoms with Crippen LogP contribution in [0.5, 0.6) is 0 Å². The average molecular weight is 569 g/mol. The van der Waals surface area contributed by atoms with Crippen LogP contribution in [0.3, 0.4) is 0 Å². The topological polar surface area (TPSA) is 18.5 Å². The molecule has 3 aromatic rings. The van der Waals surface area contributed by atoms with Crippen molar-refractivity contribution in [2.24, 2.45) is 0 Å². The molecule has 0 heterocycles. The molecule has 0 aliphatic carbocycles. The molecule has 0 aliphatic heterocycles. The van der Waals surface area contributed by atoms with Gasteiger partial charge in [-0.25, -0.2) is 0 Å². The first-order valence-electron chi connectivity index (χ1n) is 15.3. The third-order valence-corrected chi connectivity index (χ3v) is 15.3. The first-order chi connectivity index (χ1) is 19.1. The van der Waals surface area contributed by atoms with Crippen molar-refractivity contribution >= 4 is 33.1 Å². The van der Waals surface area contributed by atoms with Crippen molar-refractivity contribution < 1.29 is 9.47 Å². The minimum Gasteiger partial charge on any atom is -0.0653 e. The molecule has 0 aliphatic rings. The van der Waals surface area contributed by atoms with Crippen LogP contribution in [0.15, 0.2) is 91.0 Å². The molecule has 0 fully saturated rings. The molecule has 0 aromatic heterocycles. The third kappa shape index (κ3) is 8.89. The van der Waals surface area contributed by atoms with Crippen LogP contribution in [0.4, 0.5) is 0 Å². The van der Waals surface area contributed by atoms with Gasteiger partial charge in [-0.3, -0.25) is 0 Å². The summed E-state index contributed by atoms with van der Waals surface area (Å²) in [5.74, 6) is -3.12. The molecule has 3 aromatic carbocycles. The van der Waals surface area contributed by atoms with Crippen LogP contribution >= 0.6 is 17.2 Å². The van der Waals surface area contributed by atoms with Gasteiger partial charge >= 0.3 is 217 Å². The summed E-state index contributed by atoms with van der Waals surface area (Å²) in [6.45, 7) is 6.02. The Balaban J connectivity index is 1.59. The van der Waals surface area contributed by atoms with Gasteiger partial charge in [-0.1, -0.05) is 26.7 Å². The van der Waals surface area contributed by atoms with Crippen LogP contribution in [-0.4, -0.2) is 25.7 Å². The van der Waals surface area contributed by atoms with E-state index in [2.05, 4.69) is 105 Å². The van der Waals surface area contributed by atoms with Gasteiger partial charge < -0.3 is 0 Å². The van der Waals surface area contributed by atoms with Crippen molar-refractivity contribution in [3.63, 3.8) is 0 Å². The fourth-order valence-corrected chi connectivity index (χ4v) is 11.7. The number of unbranched alkanes of at least 4 members (excludes halogenated alkanes) is 7. The molecule has 0 saturated heterocycles. The molecule has 0 unspecified atom stereocenters. The van der Waals surface area contributed by atoms with E-state index in [9.17, 15) is 0 Å². The summed E-state index contributed by atoms with van der Waals surface area (Å²) in [5, 5.41) is 3.79. The van der Waals surface area contributed by atoms with Gasteiger partial charge in [0.2, 0.25) is 0 Å². The summed E-state index contributed by atoms with van der Waals surface area (Å²) in [6.07, 6.45) is 13.7. The monoisotopic (exact) mass is 568 g/mol. The van der Waals surface area contributed by atoms with Crippen LogP contribution in [0, 0.1) is 0 Å². The van der Waals surface area contributed by atoms with Gasteiger partial charge in [0, 0.05) is 0 Å². The second-order valence-corrected chi connectivity index (χ2v) is 17.3. The zero-order valence-corrected chi connectivity index (χ0v) is 25.9. The SMILES string of the molecule is CCCCOC(CCCCCCCCP(Cl)(c1ccccc1)(c1ccccc1)c1ccccc1)OCCCC. The number of ether oxygens (including phenoxy) is 2. The molecule has 0 amide bonds. The molecular weight excluding hydrogens is 519 g/mol. The first-order valence-corrected chi connectivity index (χ1v) is 18.6. The van der Waals surface area contributed by atoms with Gasteiger partial charge in [0.15, 0.2) is 0 Å². The van der Waals surface area contributed by atoms with E-state index in [0.717, 1.165) is 64.3 Å². The van der Waals surface area contributed by atoms with Gasteiger partial charge in [-0.15, -0.1) is 0 Å². The molecule has 3 rings (SSSR count). The Kier molecular flexibility index (Phi) is 14.0. The smallest absolute Gasteiger partial charge is 0.0653 e. The fourth-order valence-electron chi connectivity index (χ4n) is 5.41. The molecule has 0 bridgehead atoms. The fraction of sp³-hybridized carbons (Fsp3) is 0.486. The standard InChI is InChI=1S/C35H50ClO2P/c1-3-5-29-37-35(38-30-6-4-2)28-20-9-7-8-10-21-31-39(36,32-22-14-11-15-23-32,33-24-16-12-17-25-33)34-26-18-13-19-27-34/h11-19,22-27,35H,3-10,20-21,28-31H2,1-2H3. The molecule has 0 atom stereocenters. The van der Waals surface area contributed by atoms with Crippen molar-refractivity contribution in [3.05, 3.63) is 91.0 Å². The summed E-state index contributed by atoms with van der Waals surface area (Å²) in [6, 6.07) is 32.5. The van der Waals surface area contributed by atoms with E-state index < -0.39 is 5.96 Å². The molecule has 0 radical (unpaired) electrons. The third-order valence-electron chi connectivity index (χ3n) is 7.75. The Morgan fingerprint density at radius 2 is 0.923 bits per heavy atom. The number of benzene rings is 3. The van der Waals surface area contributed by atoms with Crippen molar-refractivity contribution in [2.45, 2.75) is 90.8 Å². The predicted octanol–water partition coefficient (Wildman–Crippen LogP) is 9.36. The molecule has 2 nitrogen and oxygen atoms in total. The Bertz CT molecular complexity index is 919. The Morgan fingerprint density at radius 3 is 1.33 bits per heavy atom. The second-order valence-electron chi connectivity index (χ2n) is 10.7. The number of halogens is 1. The molecule has 0 saturated carbocycles. The summed E-state index contributed by atoms with van der Waals surface area (Å²) in [5.41, 5.74) is 0. The summed E-state index contributed by atoms with van der Waals surface area (Å²) in [7, 11) is 0. The van der Waals surface area contributed by atoms with Crippen molar-refractivity contribution in [1.29, 1.82) is 0 Å². The Labute approximate surface area is 243 Å². The Hall–Kier alpha value is -1.70. The molecule has 39 heavy (non-hydrogen) atoms. The van der Waals surface area contributed by atoms with Gasteiger partial charge in [-0.2, -0.15) is 0 Å². The average Bonchev–Trinajstić information content (AvgIpc) is 2.99.